The smallest absolute Gasteiger partial charge is 0.262 e. The molecule has 0 atom stereocenters. The molecule has 1 N–H and O–H groups in total. The first-order chi connectivity index (χ1) is 11.6. The maximum absolute atomic E-state index is 12.1. The van der Waals surface area contributed by atoms with Gasteiger partial charge in [-0.1, -0.05) is 23.2 Å². The second-order valence-electron chi connectivity index (χ2n) is 4.79. The van der Waals surface area contributed by atoms with E-state index >= 15 is 0 Å². The third-order valence-electron chi connectivity index (χ3n) is 3.08. The molecule has 0 unspecified atom stereocenters. The quantitative estimate of drug-likeness (QED) is 0.752. The number of rotatable bonds is 5. The van der Waals surface area contributed by atoms with E-state index in [9.17, 15) is 4.79 Å². The minimum absolute atomic E-state index is 0.148. The van der Waals surface area contributed by atoms with Crippen LogP contribution >= 0.6 is 23.2 Å². The van der Waals surface area contributed by atoms with Crippen LogP contribution in [0.2, 0.25) is 10.0 Å². The number of nitrogens with zero attached hydrogens (tertiary/aromatic N) is 3. The Balaban J connectivity index is 1.70. The predicted molar refractivity (Wildman–Crippen MR) is 91.9 cm³/mol. The number of halogens is 2. The van der Waals surface area contributed by atoms with Gasteiger partial charge in [0, 0.05) is 10.0 Å². The summed E-state index contributed by atoms with van der Waals surface area (Å²) in [5.41, 5.74) is 1.16. The fourth-order valence-corrected chi connectivity index (χ4v) is 2.30. The number of hydrogen-bond acceptors (Lipinski definition) is 4. The lowest BCUT2D eigenvalue weighted by atomic mass is 10.2. The number of carbonyl (C=O) groups is 1. The lowest BCUT2D eigenvalue weighted by Crippen LogP contribution is -2.21. The Morgan fingerprint density at radius 1 is 1.12 bits per heavy atom. The van der Waals surface area contributed by atoms with E-state index in [0.717, 1.165) is 0 Å². The average molecular weight is 363 g/mol. The van der Waals surface area contributed by atoms with Gasteiger partial charge in [-0.2, -0.15) is 5.10 Å². The lowest BCUT2D eigenvalue weighted by molar-refractivity contribution is -0.118. The highest BCUT2D eigenvalue weighted by Crippen LogP contribution is 2.24. The Morgan fingerprint density at radius 3 is 2.58 bits per heavy atom. The van der Waals surface area contributed by atoms with Crippen molar-refractivity contribution in [1.82, 2.24) is 14.8 Å². The maximum Gasteiger partial charge on any atom is 0.262 e. The van der Waals surface area contributed by atoms with Crippen LogP contribution in [0.5, 0.6) is 5.75 Å². The normalized spacial score (nSPS) is 10.4. The number of ether oxygens (including phenoxy) is 1. The molecule has 0 aliphatic carbocycles. The Labute approximate surface area is 148 Å². The van der Waals surface area contributed by atoms with Crippen LogP contribution < -0.4 is 10.1 Å². The van der Waals surface area contributed by atoms with Gasteiger partial charge in [0.05, 0.1) is 11.4 Å². The number of nitrogens with one attached hydrogen (secondary N) is 1. The zero-order valence-electron chi connectivity index (χ0n) is 12.3. The fourth-order valence-electron chi connectivity index (χ4n) is 2.01. The summed E-state index contributed by atoms with van der Waals surface area (Å²) in [4.78, 5) is 16.0. The second-order valence-corrected chi connectivity index (χ2v) is 5.67. The van der Waals surface area contributed by atoms with E-state index in [1.54, 1.807) is 42.5 Å². The van der Waals surface area contributed by atoms with Crippen molar-refractivity contribution in [2.75, 3.05) is 11.9 Å². The fraction of sp³-hybridized carbons (Fsp3) is 0.0625. The SMILES string of the molecule is O=C(COc1ccc(Cl)cc1)Nc1cc(Cl)ccc1-n1cncn1. The second kappa shape index (κ2) is 7.33. The molecule has 8 heteroatoms. The maximum atomic E-state index is 12.1. The van der Waals surface area contributed by atoms with Gasteiger partial charge in [-0.25, -0.2) is 9.67 Å². The van der Waals surface area contributed by atoms with Crippen LogP contribution in [0.3, 0.4) is 0 Å². The molecule has 2 aromatic carbocycles. The van der Waals surface area contributed by atoms with Gasteiger partial charge in [-0.15, -0.1) is 0 Å². The first kappa shape index (κ1) is 16.3. The van der Waals surface area contributed by atoms with Crippen molar-refractivity contribution in [1.29, 1.82) is 0 Å². The van der Waals surface area contributed by atoms with Crippen molar-refractivity contribution in [2.24, 2.45) is 0 Å². The molecule has 122 valence electrons. The summed E-state index contributed by atoms with van der Waals surface area (Å²) in [5, 5.41) is 7.91. The third kappa shape index (κ3) is 4.04. The highest BCUT2D eigenvalue weighted by Gasteiger charge is 2.10. The first-order valence-corrected chi connectivity index (χ1v) is 7.70. The minimum Gasteiger partial charge on any atom is -0.484 e. The number of aromatic nitrogens is 3. The number of amides is 1. The van der Waals surface area contributed by atoms with Gasteiger partial charge in [0.2, 0.25) is 0 Å². The summed E-state index contributed by atoms with van der Waals surface area (Å²) in [7, 11) is 0. The van der Waals surface area contributed by atoms with Crippen molar-refractivity contribution in [3.05, 3.63) is 65.2 Å². The summed E-state index contributed by atoms with van der Waals surface area (Å²) in [6.07, 6.45) is 2.94. The molecule has 3 aromatic rings. The highest BCUT2D eigenvalue weighted by molar-refractivity contribution is 6.31. The van der Waals surface area contributed by atoms with Crippen molar-refractivity contribution < 1.29 is 9.53 Å². The summed E-state index contributed by atoms with van der Waals surface area (Å²) < 4.78 is 6.95. The Morgan fingerprint density at radius 2 is 1.88 bits per heavy atom. The number of hydrogen-bond donors (Lipinski definition) is 1. The molecule has 0 saturated carbocycles. The molecule has 24 heavy (non-hydrogen) atoms. The van der Waals surface area contributed by atoms with Crippen LogP contribution in [-0.4, -0.2) is 27.3 Å². The average Bonchev–Trinajstić information content (AvgIpc) is 3.09. The van der Waals surface area contributed by atoms with Crippen LogP contribution in [0.25, 0.3) is 5.69 Å². The summed E-state index contributed by atoms with van der Waals surface area (Å²) in [6.45, 7) is -0.148. The van der Waals surface area contributed by atoms with E-state index in [4.69, 9.17) is 27.9 Å². The van der Waals surface area contributed by atoms with Crippen molar-refractivity contribution in [2.45, 2.75) is 0 Å². The Kier molecular flexibility index (Phi) is 4.98. The molecule has 0 radical (unpaired) electrons. The van der Waals surface area contributed by atoms with E-state index in [2.05, 4.69) is 15.4 Å². The van der Waals surface area contributed by atoms with E-state index in [-0.39, 0.29) is 12.5 Å². The van der Waals surface area contributed by atoms with E-state index in [1.807, 2.05) is 0 Å². The van der Waals surface area contributed by atoms with Crippen LogP contribution in [0.15, 0.2) is 55.1 Å². The molecule has 0 fully saturated rings. The first-order valence-electron chi connectivity index (χ1n) is 6.94. The number of benzene rings is 2. The van der Waals surface area contributed by atoms with E-state index < -0.39 is 0 Å². The molecule has 1 amide bonds. The van der Waals surface area contributed by atoms with Crippen LogP contribution in [0.4, 0.5) is 5.69 Å². The molecule has 1 aromatic heterocycles. The molecule has 6 nitrogen and oxygen atoms in total. The van der Waals surface area contributed by atoms with Crippen LogP contribution in [-0.2, 0) is 4.79 Å². The highest BCUT2D eigenvalue weighted by atomic mass is 35.5. The van der Waals surface area contributed by atoms with Crippen LogP contribution in [0, 0.1) is 0 Å². The molecular formula is C16H12Cl2N4O2. The monoisotopic (exact) mass is 362 g/mol. The number of anilines is 1. The van der Waals surface area contributed by atoms with Gasteiger partial charge < -0.3 is 10.1 Å². The molecule has 0 aliphatic heterocycles. The molecule has 0 aliphatic rings. The molecule has 0 spiro atoms. The van der Waals surface area contributed by atoms with Gasteiger partial charge >= 0.3 is 0 Å². The minimum atomic E-state index is -0.325. The van der Waals surface area contributed by atoms with Gasteiger partial charge in [0.15, 0.2) is 6.61 Å². The number of carbonyl (C=O) groups excluding carboxylic acids is 1. The molecule has 1 heterocycles. The Bertz CT molecular complexity index is 836. The molecular weight excluding hydrogens is 351 g/mol. The van der Waals surface area contributed by atoms with Crippen molar-refractivity contribution in [3.63, 3.8) is 0 Å². The van der Waals surface area contributed by atoms with Gasteiger partial charge in [-0.3, -0.25) is 4.79 Å². The molecule has 0 saturated heterocycles. The van der Waals surface area contributed by atoms with E-state index in [0.29, 0.717) is 27.2 Å². The summed E-state index contributed by atoms with van der Waals surface area (Å²) in [5.74, 6) is 0.228. The van der Waals surface area contributed by atoms with Crippen LogP contribution in [0.1, 0.15) is 0 Å². The van der Waals surface area contributed by atoms with Gasteiger partial charge in [0.1, 0.15) is 18.4 Å². The third-order valence-corrected chi connectivity index (χ3v) is 3.57. The van der Waals surface area contributed by atoms with Gasteiger partial charge in [-0.05, 0) is 42.5 Å². The summed E-state index contributed by atoms with van der Waals surface area (Å²) in [6, 6.07) is 11.8. The van der Waals surface area contributed by atoms with E-state index in [1.165, 1.54) is 17.3 Å². The zero-order chi connectivity index (χ0) is 16.9. The molecule has 0 bridgehead atoms. The van der Waals surface area contributed by atoms with Crippen molar-refractivity contribution in [3.8, 4) is 11.4 Å². The van der Waals surface area contributed by atoms with Gasteiger partial charge in [0.25, 0.3) is 5.91 Å². The topological polar surface area (TPSA) is 69.0 Å². The lowest BCUT2D eigenvalue weighted by Gasteiger charge is -2.12. The standard InChI is InChI=1S/C16H12Cl2N4O2/c17-11-1-4-13(5-2-11)24-8-16(23)21-14-7-12(18)3-6-15(14)22-10-19-9-20-22/h1-7,9-10H,8H2,(H,21,23). The predicted octanol–water partition coefficient (Wildman–Crippen LogP) is 3.59. The summed E-state index contributed by atoms with van der Waals surface area (Å²) >= 11 is 11.8. The largest absolute Gasteiger partial charge is 0.484 e. The van der Waals surface area contributed by atoms with Crippen molar-refractivity contribution >= 4 is 34.8 Å². The Hall–Kier alpha value is -2.57. The molecule has 3 rings (SSSR count). The zero-order valence-corrected chi connectivity index (χ0v) is 13.8.